The van der Waals surface area contributed by atoms with E-state index < -0.39 is 0 Å². The summed E-state index contributed by atoms with van der Waals surface area (Å²) in [6.45, 7) is 13.2. The lowest BCUT2D eigenvalue weighted by Gasteiger charge is -2.53. The highest BCUT2D eigenvalue weighted by Crippen LogP contribution is 2.39. The molecule has 1 aliphatic heterocycles. The summed E-state index contributed by atoms with van der Waals surface area (Å²) in [6, 6.07) is 0. The molecule has 0 saturated carbocycles. The van der Waals surface area contributed by atoms with Gasteiger partial charge in [-0.15, -0.1) is 0 Å². The molecule has 4 heteroatoms. The van der Waals surface area contributed by atoms with Crippen molar-refractivity contribution in [3.63, 3.8) is 0 Å². The lowest BCUT2D eigenvalue weighted by molar-refractivity contribution is -0.293. The average Bonchev–Trinajstić information content (AvgIpc) is 2.38. The Morgan fingerprint density at radius 1 is 1.00 bits per heavy atom. The van der Waals surface area contributed by atoms with Gasteiger partial charge in [-0.3, -0.25) is 9.63 Å². The van der Waals surface area contributed by atoms with E-state index in [-0.39, 0.29) is 23.2 Å². The normalized spacial score (nSPS) is 21.3. The van der Waals surface area contributed by atoms with Crippen LogP contribution in [0.4, 0.5) is 0 Å². The predicted octanol–water partition coefficient (Wildman–Crippen LogP) is 4.86. The van der Waals surface area contributed by atoms with Gasteiger partial charge in [0.05, 0.1) is 6.61 Å². The molecule has 0 radical (unpaired) electrons. The molecule has 23 heavy (non-hydrogen) atoms. The van der Waals surface area contributed by atoms with E-state index in [2.05, 4.69) is 39.7 Å². The summed E-state index contributed by atoms with van der Waals surface area (Å²) in [6.07, 6.45) is 9.22. The summed E-state index contributed by atoms with van der Waals surface area (Å²) in [5.41, 5.74) is -0.270. The van der Waals surface area contributed by atoms with Crippen molar-refractivity contribution in [2.45, 2.75) is 110 Å². The fourth-order valence-corrected chi connectivity index (χ4v) is 3.88. The lowest BCUT2D eigenvalue weighted by Crippen LogP contribution is -2.62. The molecule has 0 aromatic rings. The minimum absolute atomic E-state index is 0.0219. The van der Waals surface area contributed by atoms with Gasteiger partial charge in [0, 0.05) is 30.8 Å². The van der Waals surface area contributed by atoms with E-state index in [1.54, 1.807) is 0 Å². The number of unbranched alkanes of at least 4 members (excludes halogenated alkanes) is 5. The number of esters is 1. The number of hydroxylamine groups is 2. The molecule has 0 atom stereocenters. The van der Waals surface area contributed by atoms with Crippen LogP contribution in [0.2, 0.25) is 0 Å². The molecule has 1 rings (SSSR count). The number of hydrogen-bond acceptors (Lipinski definition) is 4. The Balaban J connectivity index is 2.46. The number of ether oxygens (including phenoxy) is 1. The van der Waals surface area contributed by atoms with Crippen molar-refractivity contribution >= 4 is 5.97 Å². The highest BCUT2D eigenvalue weighted by molar-refractivity contribution is 5.66. The van der Waals surface area contributed by atoms with E-state index in [1.807, 2.05) is 0 Å². The summed E-state index contributed by atoms with van der Waals surface area (Å²) in [4.78, 5) is 17.4. The van der Waals surface area contributed by atoms with Crippen molar-refractivity contribution in [3.8, 4) is 0 Å². The maximum absolute atomic E-state index is 11.3. The third-order valence-corrected chi connectivity index (χ3v) is 4.60. The van der Waals surface area contributed by atoms with Gasteiger partial charge in [-0.2, -0.15) is 5.06 Å². The van der Waals surface area contributed by atoms with Gasteiger partial charge in [0.15, 0.2) is 0 Å². The summed E-state index contributed by atoms with van der Waals surface area (Å²) in [5.74, 6) is -0.192. The smallest absolute Gasteiger partial charge is 0.302 e. The van der Waals surface area contributed by atoms with Crippen LogP contribution in [0.15, 0.2) is 0 Å². The molecule has 0 N–H and O–H groups in total. The van der Waals surface area contributed by atoms with E-state index in [9.17, 15) is 4.79 Å². The molecule has 1 heterocycles. The molecule has 136 valence electrons. The first-order valence-electron chi connectivity index (χ1n) is 9.29. The molecule has 1 aliphatic rings. The van der Waals surface area contributed by atoms with Gasteiger partial charge in [-0.1, -0.05) is 39.0 Å². The van der Waals surface area contributed by atoms with Crippen LogP contribution in [0.1, 0.15) is 92.9 Å². The van der Waals surface area contributed by atoms with Gasteiger partial charge < -0.3 is 4.74 Å². The molecule has 0 aromatic heterocycles. The fraction of sp³-hybridized carbons (Fsp3) is 0.947. The topological polar surface area (TPSA) is 38.8 Å². The number of carbonyl (C=O) groups excluding carboxylic acids is 1. The quantitative estimate of drug-likeness (QED) is 0.447. The SMILES string of the molecule is CCCCCCCCON1C(C)(C)CC(OC(C)=O)CC1(C)C. The zero-order chi connectivity index (χ0) is 17.5. The molecule has 1 fully saturated rings. The Morgan fingerprint density at radius 2 is 1.52 bits per heavy atom. The molecule has 0 unspecified atom stereocenters. The number of rotatable bonds is 9. The zero-order valence-electron chi connectivity index (χ0n) is 16.1. The van der Waals surface area contributed by atoms with Crippen LogP contribution in [-0.2, 0) is 14.4 Å². The fourth-order valence-electron chi connectivity index (χ4n) is 3.88. The van der Waals surface area contributed by atoms with E-state index >= 15 is 0 Å². The number of carbonyl (C=O) groups is 1. The minimum Gasteiger partial charge on any atom is -0.462 e. The highest BCUT2D eigenvalue weighted by Gasteiger charge is 2.47. The van der Waals surface area contributed by atoms with Gasteiger partial charge >= 0.3 is 5.97 Å². The summed E-state index contributed by atoms with van der Waals surface area (Å²) in [7, 11) is 0. The number of hydrogen-bond donors (Lipinski definition) is 0. The van der Waals surface area contributed by atoms with Crippen LogP contribution >= 0.6 is 0 Å². The van der Waals surface area contributed by atoms with Crippen LogP contribution in [0.25, 0.3) is 0 Å². The Labute approximate surface area is 142 Å². The third-order valence-electron chi connectivity index (χ3n) is 4.60. The third kappa shape index (κ3) is 6.80. The Hall–Kier alpha value is -0.610. The molecule has 0 amide bonds. The average molecular weight is 328 g/mol. The van der Waals surface area contributed by atoms with E-state index in [0.717, 1.165) is 25.9 Å². The number of piperidine rings is 1. The lowest BCUT2D eigenvalue weighted by atomic mass is 9.80. The van der Waals surface area contributed by atoms with Crippen molar-refractivity contribution in [1.82, 2.24) is 5.06 Å². The molecule has 0 aromatic carbocycles. The second kappa shape index (κ2) is 9.03. The van der Waals surface area contributed by atoms with Gasteiger partial charge in [-0.05, 0) is 34.1 Å². The van der Waals surface area contributed by atoms with Gasteiger partial charge in [-0.25, -0.2) is 0 Å². The second-order valence-corrected chi connectivity index (χ2v) is 8.16. The van der Waals surface area contributed by atoms with Gasteiger partial charge in [0.2, 0.25) is 0 Å². The van der Waals surface area contributed by atoms with Crippen LogP contribution in [0, 0.1) is 0 Å². The molecular weight excluding hydrogens is 290 g/mol. The molecule has 1 saturated heterocycles. The minimum atomic E-state index is -0.192. The van der Waals surface area contributed by atoms with Crippen LogP contribution in [-0.4, -0.2) is 34.8 Å². The Morgan fingerprint density at radius 3 is 2.04 bits per heavy atom. The van der Waals surface area contributed by atoms with Crippen molar-refractivity contribution in [3.05, 3.63) is 0 Å². The van der Waals surface area contributed by atoms with Crippen molar-refractivity contribution in [2.75, 3.05) is 6.61 Å². The second-order valence-electron chi connectivity index (χ2n) is 8.16. The van der Waals surface area contributed by atoms with E-state index in [0.29, 0.717) is 0 Å². The van der Waals surface area contributed by atoms with Crippen molar-refractivity contribution in [2.24, 2.45) is 0 Å². The first-order chi connectivity index (χ1) is 10.7. The molecular formula is C19H37NO3. The number of nitrogens with zero attached hydrogens (tertiary/aromatic N) is 1. The van der Waals surface area contributed by atoms with E-state index in [4.69, 9.17) is 9.57 Å². The molecule has 4 nitrogen and oxygen atoms in total. The first-order valence-corrected chi connectivity index (χ1v) is 9.29. The van der Waals surface area contributed by atoms with Crippen molar-refractivity contribution < 1.29 is 14.4 Å². The van der Waals surface area contributed by atoms with Gasteiger partial charge in [0.25, 0.3) is 0 Å². The molecule has 0 spiro atoms. The van der Waals surface area contributed by atoms with E-state index in [1.165, 1.54) is 39.0 Å². The zero-order valence-corrected chi connectivity index (χ0v) is 16.1. The standard InChI is InChI=1S/C19H37NO3/c1-7-8-9-10-11-12-13-22-20-18(3,4)14-17(23-16(2)21)15-19(20,5)6/h17H,7-15H2,1-6H3. The first kappa shape index (κ1) is 20.4. The predicted molar refractivity (Wildman–Crippen MR) is 94.1 cm³/mol. The highest BCUT2D eigenvalue weighted by atomic mass is 16.7. The molecule has 0 bridgehead atoms. The van der Waals surface area contributed by atoms with Crippen LogP contribution in [0.5, 0.6) is 0 Å². The Bertz CT molecular complexity index is 348. The maximum Gasteiger partial charge on any atom is 0.302 e. The van der Waals surface area contributed by atoms with Crippen LogP contribution < -0.4 is 0 Å². The monoisotopic (exact) mass is 327 g/mol. The van der Waals surface area contributed by atoms with Crippen molar-refractivity contribution in [1.29, 1.82) is 0 Å². The summed E-state index contributed by atoms with van der Waals surface area (Å²) >= 11 is 0. The summed E-state index contributed by atoms with van der Waals surface area (Å²) in [5, 5.41) is 2.14. The van der Waals surface area contributed by atoms with Gasteiger partial charge in [0.1, 0.15) is 6.10 Å². The largest absolute Gasteiger partial charge is 0.462 e. The summed E-state index contributed by atoms with van der Waals surface area (Å²) < 4.78 is 5.47. The Kier molecular flexibility index (Phi) is 8.02. The maximum atomic E-state index is 11.3. The van der Waals surface area contributed by atoms with Crippen LogP contribution in [0.3, 0.4) is 0 Å². The molecule has 0 aliphatic carbocycles.